The van der Waals surface area contributed by atoms with Crippen LogP contribution in [0, 0.1) is 0 Å². The van der Waals surface area contributed by atoms with Crippen molar-refractivity contribution in [3.63, 3.8) is 0 Å². The molecule has 2 aliphatic carbocycles. The predicted octanol–water partition coefficient (Wildman–Crippen LogP) is 2.27. The lowest BCUT2D eigenvalue weighted by atomic mass is 9.74. The summed E-state index contributed by atoms with van der Waals surface area (Å²) in [5.74, 6) is 0.762. The largest absolute Gasteiger partial charge is 0.314 e. The molecule has 2 N–H and O–H groups in total. The zero-order valence-electron chi connectivity index (χ0n) is 10.7. The quantitative estimate of drug-likeness (QED) is 0.829. The average Bonchev–Trinajstić information content (AvgIpc) is 3.07. The molecule has 0 bridgehead atoms. The summed E-state index contributed by atoms with van der Waals surface area (Å²) in [7, 11) is 2.07. The van der Waals surface area contributed by atoms with Crippen LogP contribution < -0.4 is 10.6 Å². The van der Waals surface area contributed by atoms with Gasteiger partial charge in [-0.05, 0) is 38.8 Å². The van der Waals surface area contributed by atoms with Gasteiger partial charge >= 0.3 is 0 Å². The van der Waals surface area contributed by atoms with Crippen molar-refractivity contribution in [3.05, 3.63) is 35.9 Å². The fraction of sp³-hybridized carbons (Fsp3) is 0.600. The van der Waals surface area contributed by atoms with Gasteiger partial charge in [0.1, 0.15) is 0 Å². The second kappa shape index (κ2) is 4.11. The van der Waals surface area contributed by atoms with Crippen molar-refractivity contribution >= 4 is 0 Å². The summed E-state index contributed by atoms with van der Waals surface area (Å²) in [6.07, 6.45) is 3.85. The fourth-order valence-electron chi connectivity index (χ4n) is 3.10. The number of hydrogen-bond acceptors (Lipinski definition) is 2. The van der Waals surface area contributed by atoms with Gasteiger partial charge in [-0.25, -0.2) is 0 Å². The molecule has 2 aliphatic rings. The van der Waals surface area contributed by atoms with E-state index in [0.29, 0.717) is 5.54 Å². The van der Waals surface area contributed by atoms with Crippen molar-refractivity contribution in [1.82, 2.24) is 10.6 Å². The Kier molecular flexibility index (Phi) is 2.72. The lowest BCUT2D eigenvalue weighted by Crippen LogP contribution is -2.59. The first-order valence-corrected chi connectivity index (χ1v) is 6.70. The third-order valence-electron chi connectivity index (χ3n) is 4.47. The maximum absolute atomic E-state index is 3.79. The van der Waals surface area contributed by atoms with E-state index in [1.807, 2.05) is 0 Å². The maximum Gasteiger partial charge on any atom is 0.0179 e. The van der Waals surface area contributed by atoms with E-state index in [1.54, 1.807) is 0 Å². The van der Waals surface area contributed by atoms with E-state index in [-0.39, 0.29) is 0 Å². The minimum atomic E-state index is 0.384. The molecule has 2 unspecified atom stereocenters. The van der Waals surface area contributed by atoms with E-state index in [9.17, 15) is 0 Å². The molecule has 92 valence electrons. The van der Waals surface area contributed by atoms with Gasteiger partial charge in [-0.2, -0.15) is 0 Å². The van der Waals surface area contributed by atoms with E-state index in [1.165, 1.54) is 24.8 Å². The third-order valence-corrected chi connectivity index (χ3v) is 4.47. The Bertz CT molecular complexity index is 381. The van der Waals surface area contributed by atoms with E-state index in [0.717, 1.165) is 18.0 Å². The Hall–Kier alpha value is -0.860. The second-order valence-corrected chi connectivity index (χ2v) is 5.94. The number of benzene rings is 1. The SMILES string of the molecule is CNC1(C)CC(NC2CC2c2ccccc2)C1. The highest BCUT2D eigenvalue weighted by Gasteiger charge is 2.45. The van der Waals surface area contributed by atoms with Crippen LogP contribution in [0.25, 0.3) is 0 Å². The normalized spacial score (nSPS) is 39.8. The summed E-state index contributed by atoms with van der Waals surface area (Å²) in [6.45, 7) is 2.31. The molecule has 2 fully saturated rings. The molecule has 0 amide bonds. The number of hydrogen-bond donors (Lipinski definition) is 2. The number of rotatable bonds is 4. The molecule has 1 aromatic carbocycles. The van der Waals surface area contributed by atoms with Crippen LogP contribution in [-0.2, 0) is 0 Å². The van der Waals surface area contributed by atoms with Crippen molar-refractivity contribution in [3.8, 4) is 0 Å². The lowest BCUT2D eigenvalue weighted by Gasteiger charge is -2.45. The van der Waals surface area contributed by atoms with Gasteiger partial charge in [0.2, 0.25) is 0 Å². The van der Waals surface area contributed by atoms with Gasteiger partial charge in [0.25, 0.3) is 0 Å². The Balaban J connectivity index is 1.48. The fourth-order valence-corrected chi connectivity index (χ4v) is 3.10. The predicted molar refractivity (Wildman–Crippen MR) is 71.2 cm³/mol. The summed E-state index contributed by atoms with van der Waals surface area (Å²) in [5.41, 5.74) is 1.88. The molecule has 0 spiro atoms. The first-order valence-electron chi connectivity index (χ1n) is 6.70. The van der Waals surface area contributed by atoms with E-state index >= 15 is 0 Å². The molecule has 0 heterocycles. The van der Waals surface area contributed by atoms with E-state index < -0.39 is 0 Å². The summed E-state index contributed by atoms with van der Waals surface area (Å²) in [4.78, 5) is 0. The van der Waals surface area contributed by atoms with Crippen LogP contribution in [0.4, 0.5) is 0 Å². The molecule has 2 nitrogen and oxygen atoms in total. The summed E-state index contributed by atoms with van der Waals surface area (Å²) < 4.78 is 0. The van der Waals surface area contributed by atoms with Crippen LogP contribution in [0.3, 0.4) is 0 Å². The number of nitrogens with one attached hydrogen (secondary N) is 2. The molecule has 2 saturated carbocycles. The van der Waals surface area contributed by atoms with E-state index in [2.05, 4.69) is 54.9 Å². The Morgan fingerprint density at radius 2 is 1.88 bits per heavy atom. The summed E-state index contributed by atoms with van der Waals surface area (Å²) in [5, 5.41) is 7.19. The highest BCUT2D eigenvalue weighted by Crippen LogP contribution is 2.43. The van der Waals surface area contributed by atoms with Crippen LogP contribution in [-0.4, -0.2) is 24.7 Å². The van der Waals surface area contributed by atoms with Crippen molar-refractivity contribution in [1.29, 1.82) is 0 Å². The first-order chi connectivity index (χ1) is 8.20. The van der Waals surface area contributed by atoms with Crippen molar-refractivity contribution in [2.24, 2.45) is 0 Å². The van der Waals surface area contributed by atoms with E-state index in [4.69, 9.17) is 0 Å². The molecule has 0 aliphatic heterocycles. The van der Waals surface area contributed by atoms with Crippen LogP contribution >= 0.6 is 0 Å². The highest BCUT2D eigenvalue weighted by atomic mass is 15.1. The molecule has 1 aromatic rings. The molecule has 2 atom stereocenters. The lowest BCUT2D eigenvalue weighted by molar-refractivity contribution is 0.157. The zero-order chi connectivity index (χ0) is 11.9. The molecular formula is C15H22N2. The molecular weight excluding hydrogens is 208 g/mol. The first kappa shape index (κ1) is 11.2. The van der Waals surface area contributed by atoms with Gasteiger partial charge < -0.3 is 10.6 Å². The molecule has 2 heteroatoms. The highest BCUT2D eigenvalue weighted by molar-refractivity contribution is 5.28. The van der Waals surface area contributed by atoms with Crippen molar-refractivity contribution in [2.45, 2.75) is 49.7 Å². The average molecular weight is 230 g/mol. The maximum atomic E-state index is 3.79. The standard InChI is InChI=1S/C15H22N2/c1-15(16-2)9-12(10-15)17-14-8-13(14)11-6-4-3-5-7-11/h3-7,12-14,16-17H,8-10H2,1-2H3. The second-order valence-electron chi connectivity index (χ2n) is 5.94. The summed E-state index contributed by atoms with van der Waals surface area (Å²) in [6, 6.07) is 12.3. The van der Waals surface area contributed by atoms with Gasteiger partial charge in [-0.3, -0.25) is 0 Å². The van der Waals surface area contributed by atoms with Crippen LogP contribution in [0.15, 0.2) is 30.3 Å². The van der Waals surface area contributed by atoms with Gasteiger partial charge in [-0.15, -0.1) is 0 Å². The Labute approximate surface area is 104 Å². The van der Waals surface area contributed by atoms with Crippen LogP contribution in [0.2, 0.25) is 0 Å². The van der Waals surface area contributed by atoms with Crippen molar-refractivity contribution < 1.29 is 0 Å². The Morgan fingerprint density at radius 3 is 2.53 bits per heavy atom. The van der Waals surface area contributed by atoms with Gasteiger partial charge in [0.15, 0.2) is 0 Å². The molecule has 3 rings (SSSR count). The topological polar surface area (TPSA) is 24.1 Å². The minimum absolute atomic E-state index is 0.384. The van der Waals surface area contributed by atoms with Gasteiger partial charge in [0, 0.05) is 23.5 Å². The molecule has 0 aromatic heterocycles. The monoisotopic (exact) mass is 230 g/mol. The summed E-state index contributed by atoms with van der Waals surface area (Å²) >= 11 is 0. The van der Waals surface area contributed by atoms with Crippen LogP contribution in [0.5, 0.6) is 0 Å². The van der Waals surface area contributed by atoms with Crippen LogP contribution in [0.1, 0.15) is 37.7 Å². The smallest absolute Gasteiger partial charge is 0.0179 e. The molecule has 0 radical (unpaired) electrons. The van der Waals surface area contributed by atoms with Gasteiger partial charge in [-0.1, -0.05) is 30.3 Å². The van der Waals surface area contributed by atoms with Crippen molar-refractivity contribution in [2.75, 3.05) is 7.05 Å². The Morgan fingerprint density at radius 1 is 1.18 bits per heavy atom. The molecule has 0 saturated heterocycles. The minimum Gasteiger partial charge on any atom is -0.314 e. The zero-order valence-corrected chi connectivity index (χ0v) is 10.7. The van der Waals surface area contributed by atoms with Gasteiger partial charge in [0.05, 0.1) is 0 Å². The third kappa shape index (κ3) is 2.24. The molecule has 17 heavy (non-hydrogen) atoms.